The van der Waals surface area contributed by atoms with Crippen molar-refractivity contribution in [2.45, 2.75) is 19.8 Å². The molecule has 0 bridgehead atoms. The lowest BCUT2D eigenvalue weighted by Crippen LogP contribution is -2.16. The second-order valence-corrected chi connectivity index (χ2v) is 7.61. The Morgan fingerprint density at radius 2 is 1.96 bits per heavy atom. The molecule has 8 heteroatoms. The lowest BCUT2D eigenvalue weighted by Gasteiger charge is -2.13. The average Bonchev–Trinajstić information content (AvgIpc) is 2.61. The third kappa shape index (κ3) is 5.73. The highest BCUT2D eigenvalue weighted by Crippen LogP contribution is 2.29. The minimum absolute atomic E-state index is 0.0608. The Morgan fingerprint density at radius 1 is 1.19 bits per heavy atom. The summed E-state index contributed by atoms with van der Waals surface area (Å²) >= 11 is 0. The minimum Gasteiger partial charge on any atom is -0.494 e. The molecular weight excluding hydrogens is 359 g/mol. The molecule has 0 aliphatic rings. The summed E-state index contributed by atoms with van der Waals surface area (Å²) in [6.07, 6.45) is 0.602. The number of nitrogens with one attached hydrogen (secondary N) is 2. The number of halogens is 1. The number of carbonyl (C=O) groups excluding carboxylic acids is 1. The van der Waals surface area contributed by atoms with Crippen LogP contribution in [0.2, 0.25) is 0 Å². The van der Waals surface area contributed by atoms with E-state index in [4.69, 9.17) is 4.74 Å². The molecule has 0 saturated heterocycles. The Morgan fingerprint density at radius 3 is 2.62 bits per heavy atom. The zero-order valence-electron chi connectivity index (χ0n) is 14.6. The number of hydrogen-bond donors (Lipinski definition) is 2. The van der Waals surface area contributed by atoms with Crippen LogP contribution in [0.3, 0.4) is 0 Å². The smallest absolute Gasteiger partial charge is 0.232 e. The van der Waals surface area contributed by atoms with Crippen LogP contribution in [0.1, 0.15) is 18.9 Å². The van der Waals surface area contributed by atoms with E-state index in [1.54, 1.807) is 18.2 Å². The van der Waals surface area contributed by atoms with Crippen LogP contribution in [0, 0.1) is 5.82 Å². The molecule has 0 heterocycles. The number of aryl methyl sites for hydroxylation is 1. The normalized spacial score (nSPS) is 11.0. The van der Waals surface area contributed by atoms with Gasteiger partial charge < -0.3 is 10.1 Å². The van der Waals surface area contributed by atoms with Gasteiger partial charge in [0.15, 0.2) is 0 Å². The van der Waals surface area contributed by atoms with Gasteiger partial charge in [-0.25, -0.2) is 12.8 Å². The molecule has 0 spiro atoms. The molecule has 0 aliphatic carbocycles. The molecule has 0 saturated carbocycles. The van der Waals surface area contributed by atoms with Crippen molar-refractivity contribution in [2.75, 3.05) is 22.9 Å². The first-order valence-electron chi connectivity index (χ1n) is 8.06. The van der Waals surface area contributed by atoms with Crippen molar-refractivity contribution < 1.29 is 22.3 Å². The highest BCUT2D eigenvalue weighted by molar-refractivity contribution is 7.92. The van der Waals surface area contributed by atoms with Crippen LogP contribution < -0.4 is 14.8 Å². The van der Waals surface area contributed by atoms with E-state index >= 15 is 0 Å². The summed E-state index contributed by atoms with van der Waals surface area (Å²) in [6.45, 7) is 1.53. The van der Waals surface area contributed by atoms with Crippen LogP contribution in [0.15, 0.2) is 42.5 Å². The summed E-state index contributed by atoms with van der Waals surface area (Å²) in [5, 5.41) is 2.72. The maximum absolute atomic E-state index is 13.1. The Kier molecular flexibility index (Phi) is 6.57. The Balaban J connectivity index is 2.01. The third-order valence-electron chi connectivity index (χ3n) is 3.66. The van der Waals surface area contributed by atoms with Gasteiger partial charge in [-0.1, -0.05) is 12.1 Å². The summed E-state index contributed by atoms with van der Waals surface area (Å²) in [6, 6.07) is 10.7. The van der Waals surface area contributed by atoms with E-state index in [1.807, 2.05) is 0 Å². The van der Waals surface area contributed by atoms with Crippen LogP contribution in [-0.2, 0) is 21.2 Å². The second kappa shape index (κ2) is 8.66. The van der Waals surface area contributed by atoms with Gasteiger partial charge in [0.2, 0.25) is 15.9 Å². The fraction of sp³-hybridized carbons (Fsp3) is 0.278. The van der Waals surface area contributed by atoms with Gasteiger partial charge in [-0.3, -0.25) is 9.52 Å². The van der Waals surface area contributed by atoms with Crippen molar-refractivity contribution in [3.63, 3.8) is 0 Å². The molecule has 0 fully saturated rings. The fourth-order valence-electron chi connectivity index (χ4n) is 2.27. The standard InChI is InChI=1S/C18H21FN2O4S/c1-3-26(23,24)21-16-9-8-15(12-17(16)25-2)20-18(22)10-7-13-5-4-6-14(19)11-13/h4-6,8-9,11-12,21H,3,7,10H2,1-2H3,(H,20,22). The van der Waals surface area contributed by atoms with E-state index in [0.717, 1.165) is 5.56 Å². The molecule has 2 rings (SSSR count). The lowest BCUT2D eigenvalue weighted by molar-refractivity contribution is -0.116. The zero-order valence-corrected chi connectivity index (χ0v) is 15.4. The van der Waals surface area contributed by atoms with E-state index in [2.05, 4.69) is 10.0 Å². The molecule has 0 atom stereocenters. The molecule has 0 unspecified atom stereocenters. The highest BCUT2D eigenvalue weighted by Gasteiger charge is 2.12. The summed E-state index contributed by atoms with van der Waals surface area (Å²) in [7, 11) is -2.02. The molecule has 0 aliphatic heterocycles. The summed E-state index contributed by atoms with van der Waals surface area (Å²) in [5.41, 5.74) is 1.51. The van der Waals surface area contributed by atoms with Crippen molar-refractivity contribution in [1.29, 1.82) is 0 Å². The van der Waals surface area contributed by atoms with E-state index in [9.17, 15) is 17.6 Å². The number of benzene rings is 2. The number of carbonyl (C=O) groups is 1. The first kappa shape index (κ1) is 19.7. The third-order valence-corrected chi connectivity index (χ3v) is 4.95. The minimum atomic E-state index is -3.43. The number of amides is 1. The zero-order chi connectivity index (χ0) is 19.2. The molecule has 2 N–H and O–H groups in total. The van der Waals surface area contributed by atoms with Crippen molar-refractivity contribution >= 4 is 27.3 Å². The monoisotopic (exact) mass is 380 g/mol. The quantitative estimate of drug-likeness (QED) is 0.737. The van der Waals surface area contributed by atoms with Gasteiger partial charge in [-0.05, 0) is 43.2 Å². The number of hydrogen-bond acceptors (Lipinski definition) is 4. The number of anilines is 2. The van der Waals surface area contributed by atoms with E-state index in [-0.39, 0.29) is 23.9 Å². The molecule has 26 heavy (non-hydrogen) atoms. The molecule has 1 amide bonds. The topological polar surface area (TPSA) is 84.5 Å². The van der Waals surface area contributed by atoms with E-state index in [0.29, 0.717) is 23.5 Å². The number of ether oxygens (including phenoxy) is 1. The van der Waals surface area contributed by atoms with Crippen molar-refractivity contribution in [3.05, 3.63) is 53.8 Å². The fourth-order valence-corrected chi connectivity index (χ4v) is 2.91. The van der Waals surface area contributed by atoms with Gasteiger partial charge >= 0.3 is 0 Å². The maximum atomic E-state index is 13.1. The van der Waals surface area contributed by atoms with E-state index < -0.39 is 10.0 Å². The van der Waals surface area contributed by atoms with Crippen LogP contribution in [-0.4, -0.2) is 27.2 Å². The van der Waals surface area contributed by atoms with Crippen molar-refractivity contribution in [2.24, 2.45) is 0 Å². The van der Waals surface area contributed by atoms with Gasteiger partial charge in [0.25, 0.3) is 0 Å². The maximum Gasteiger partial charge on any atom is 0.232 e. The molecule has 6 nitrogen and oxygen atoms in total. The van der Waals surface area contributed by atoms with Crippen LogP contribution in [0.25, 0.3) is 0 Å². The second-order valence-electron chi connectivity index (χ2n) is 5.60. The highest BCUT2D eigenvalue weighted by atomic mass is 32.2. The van der Waals surface area contributed by atoms with Crippen LogP contribution >= 0.6 is 0 Å². The predicted octanol–water partition coefficient (Wildman–Crippen LogP) is 3.17. The lowest BCUT2D eigenvalue weighted by atomic mass is 10.1. The Hall–Kier alpha value is -2.61. The van der Waals surface area contributed by atoms with Crippen molar-refractivity contribution in [3.8, 4) is 5.75 Å². The summed E-state index contributed by atoms with van der Waals surface area (Å²) < 4.78 is 44.1. The SMILES string of the molecule is CCS(=O)(=O)Nc1ccc(NC(=O)CCc2cccc(F)c2)cc1OC. The van der Waals surface area contributed by atoms with Crippen LogP contribution in [0.4, 0.5) is 15.8 Å². The largest absolute Gasteiger partial charge is 0.494 e. The summed E-state index contributed by atoms with van der Waals surface area (Å²) in [5.74, 6) is -0.338. The number of sulfonamides is 1. The molecule has 2 aromatic carbocycles. The van der Waals surface area contributed by atoms with Crippen LogP contribution in [0.5, 0.6) is 5.75 Å². The predicted molar refractivity (Wildman–Crippen MR) is 99.4 cm³/mol. The van der Waals surface area contributed by atoms with Gasteiger partial charge in [0.1, 0.15) is 11.6 Å². The van der Waals surface area contributed by atoms with Gasteiger partial charge in [-0.2, -0.15) is 0 Å². The van der Waals surface area contributed by atoms with Crippen molar-refractivity contribution in [1.82, 2.24) is 0 Å². The first-order chi connectivity index (χ1) is 12.3. The number of rotatable bonds is 8. The molecule has 2 aromatic rings. The molecular formula is C18H21FN2O4S. The molecule has 140 valence electrons. The Labute approximate surface area is 152 Å². The first-order valence-corrected chi connectivity index (χ1v) is 9.71. The molecule has 0 aromatic heterocycles. The van der Waals surface area contributed by atoms with E-state index in [1.165, 1.54) is 38.3 Å². The number of methoxy groups -OCH3 is 1. The van der Waals surface area contributed by atoms with Gasteiger partial charge in [-0.15, -0.1) is 0 Å². The van der Waals surface area contributed by atoms with Gasteiger partial charge in [0, 0.05) is 18.2 Å². The molecule has 0 radical (unpaired) electrons. The summed E-state index contributed by atoms with van der Waals surface area (Å²) in [4.78, 5) is 12.1. The Bertz CT molecular complexity index is 885. The average molecular weight is 380 g/mol. The van der Waals surface area contributed by atoms with Gasteiger partial charge in [0.05, 0.1) is 18.6 Å².